The van der Waals surface area contributed by atoms with Gasteiger partial charge in [-0.3, -0.25) is 0 Å². The molecule has 0 fully saturated rings. The number of aromatic nitrogens is 1. The monoisotopic (exact) mass is 458 g/mol. The van der Waals surface area contributed by atoms with Crippen molar-refractivity contribution in [2.45, 2.75) is 54.4 Å². The molecule has 2 nitrogen and oxygen atoms in total. The van der Waals surface area contributed by atoms with Gasteiger partial charge in [0.05, 0.1) is 5.57 Å². The lowest BCUT2D eigenvalue weighted by atomic mass is 9.83. The van der Waals surface area contributed by atoms with Gasteiger partial charge in [-0.2, -0.15) is 0 Å². The van der Waals surface area contributed by atoms with E-state index in [0.717, 1.165) is 50.7 Å². The zero-order valence-corrected chi connectivity index (χ0v) is 19.4. The van der Waals surface area contributed by atoms with E-state index in [1.54, 1.807) is 0 Å². The van der Waals surface area contributed by atoms with Gasteiger partial charge in [-0.15, -0.1) is 0 Å². The van der Waals surface area contributed by atoms with Gasteiger partial charge in [-0.1, -0.05) is 41.9 Å². The van der Waals surface area contributed by atoms with E-state index < -0.39 is 6.97 Å². The lowest BCUT2D eigenvalue weighted by molar-refractivity contribution is -0.363. The predicted octanol–water partition coefficient (Wildman–Crippen LogP) is 6.64. The number of nitrogens with zero attached hydrogens (tertiary/aromatic N) is 2. The van der Waals surface area contributed by atoms with Gasteiger partial charge in [0, 0.05) is 28.2 Å². The molecule has 0 radical (unpaired) electrons. The molecule has 0 saturated carbocycles. The van der Waals surface area contributed by atoms with Crippen LogP contribution in [0.15, 0.2) is 45.6 Å². The van der Waals surface area contributed by atoms with Gasteiger partial charge in [0.25, 0.3) is 0 Å². The highest BCUT2D eigenvalue weighted by molar-refractivity contribution is 9.10. The molecule has 0 unspecified atom stereocenters. The summed E-state index contributed by atoms with van der Waals surface area (Å²) >= 11 is 3.56. The predicted molar refractivity (Wildman–Crippen MR) is 121 cm³/mol. The molecule has 4 rings (SSSR count). The third-order valence-corrected chi connectivity index (χ3v) is 7.10. The van der Waals surface area contributed by atoms with E-state index in [2.05, 4.69) is 15.9 Å². The molecule has 2 aliphatic rings. The highest BCUT2D eigenvalue weighted by Crippen LogP contribution is 2.47. The van der Waals surface area contributed by atoms with Crippen molar-refractivity contribution >= 4 is 34.2 Å². The fourth-order valence-corrected chi connectivity index (χ4v) is 5.79. The van der Waals surface area contributed by atoms with E-state index in [1.165, 1.54) is 8.96 Å². The maximum atomic E-state index is 16.1. The summed E-state index contributed by atoms with van der Waals surface area (Å²) in [5, 5.41) is 0. The van der Waals surface area contributed by atoms with E-state index in [1.807, 2.05) is 65.8 Å². The number of fused-ring (bicyclic) bond motifs is 2. The first-order chi connectivity index (χ1) is 13.7. The van der Waals surface area contributed by atoms with Crippen LogP contribution in [0.2, 0.25) is 0 Å². The SMILES string of the molecule is CCC1=C(C)C2=C(c3cccc(Br)c3)c3c(C)c(CC)c(C)n3[B-](F)(F)[N+]2=C1C. The summed E-state index contributed by atoms with van der Waals surface area (Å²) < 4.78 is 35.8. The second-order valence-electron chi connectivity index (χ2n) is 8.00. The average molecular weight is 459 g/mol. The summed E-state index contributed by atoms with van der Waals surface area (Å²) in [6.07, 6.45) is 1.48. The Labute approximate surface area is 179 Å². The molecule has 29 heavy (non-hydrogen) atoms. The van der Waals surface area contributed by atoms with Gasteiger partial charge in [-0.25, -0.2) is 0 Å². The number of benzene rings is 1. The fraction of sp³-hybridized carbons (Fsp3) is 0.348. The zero-order valence-electron chi connectivity index (χ0n) is 17.8. The normalized spacial score (nSPS) is 18.0. The van der Waals surface area contributed by atoms with Crippen LogP contribution in [0.25, 0.3) is 5.57 Å². The zero-order chi connectivity index (χ0) is 21.2. The molecule has 1 aromatic heterocycles. The van der Waals surface area contributed by atoms with E-state index >= 15 is 8.63 Å². The summed E-state index contributed by atoms with van der Waals surface area (Å²) in [5.74, 6) is 0. The van der Waals surface area contributed by atoms with Crippen molar-refractivity contribution in [1.82, 2.24) is 4.48 Å². The Morgan fingerprint density at radius 3 is 2.34 bits per heavy atom. The Kier molecular flexibility index (Phi) is 4.77. The van der Waals surface area contributed by atoms with E-state index in [9.17, 15) is 0 Å². The lowest BCUT2D eigenvalue weighted by Gasteiger charge is -2.34. The summed E-state index contributed by atoms with van der Waals surface area (Å²) in [7, 11) is 0. The van der Waals surface area contributed by atoms with Gasteiger partial charge >= 0.3 is 6.97 Å². The van der Waals surface area contributed by atoms with Gasteiger partial charge < -0.3 is 17.6 Å². The highest BCUT2D eigenvalue weighted by atomic mass is 79.9. The molecule has 0 atom stereocenters. The van der Waals surface area contributed by atoms with Crippen LogP contribution in [0.3, 0.4) is 0 Å². The maximum Gasteiger partial charge on any atom is 0.737 e. The van der Waals surface area contributed by atoms with Gasteiger partial charge in [0.2, 0.25) is 0 Å². The number of allylic oxidation sites excluding steroid dienone is 2. The molecule has 0 N–H and O–H groups in total. The first kappa shape index (κ1) is 20.3. The molecule has 2 aromatic rings. The topological polar surface area (TPSA) is 7.94 Å². The minimum absolute atomic E-state index is 0.665. The van der Waals surface area contributed by atoms with Crippen LogP contribution in [0.5, 0.6) is 0 Å². The van der Waals surface area contributed by atoms with Crippen LogP contribution in [0.1, 0.15) is 62.2 Å². The molecule has 0 spiro atoms. The standard InChI is InChI=1S/C23H26BBrF2N2/c1-7-19-13(3)22-21(17-10-9-11-18(25)12-17)23-14(4)20(8-2)16(6)29(23)24(26,27)28(22)15(19)5/h9-12H,7-8H2,1-6H3. The Hall–Kier alpha value is -1.95. The van der Waals surface area contributed by atoms with Crippen molar-refractivity contribution in [3.05, 3.63) is 73.7 Å². The minimum Gasteiger partial charge on any atom is -0.393 e. The summed E-state index contributed by atoms with van der Waals surface area (Å²) in [6, 6.07) is 7.98. The summed E-state index contributed by atoms with van der Waals surface area (Å²) in [4.78, 5) is 0. The summed E-state index contributed by atoms with van der Waals surface area (Å²) in [6.45, 7) is 7.76. The van der Waals surface area contributed by atoms with Crippen molar-refractivity contribution in [1.29, 1.82) is 0 Å². The Morgan fingerprint density at radius 2 is 1.76 bits per heavy atom. The molecule has 0 aliphatic carbocycles. The fourth-order valence-electron chi connectivity index (χ4n) is 5.40. The van der Waals surface area contributed by atoms with Crippen molar-refractivity contribution in [2.75, 3.05) is 0 Å². The van der Waals surface area contributed by atoms with Crippen molar-refractivity contribution in [3.8, 4) is 0 Å². The quantitative estimate of drug-likeness (QED) is 0.455. The van der Waals surface area contributed by atoms with Crippen LogP contribution in [0, 0.1) is 13.8 Å². The summed E-state index contributed by atoms with van der Waals surface area (Å²) in [5.41, 5.74) is 8.50. The molecule has 6 heteroatoms. The average Bonchev–Trinajstić information content (AvgIpc) is 3.07. The highest BCUT2D eigenvalue weighted by Gasteiger charge is 2.56. The Balaban J connectivity index is 2.24. The first-order valence-electron chi connectivity index (χ1n) is 10.2. The van der Waals surface area contributed by atoms with E-state index in [0.29, 0.717) is 22.8 Å². The van der Waals surface area contributed by atoms with Gasteiger partial charge in [0.1, 0.15) is 5.71 Å². The van der Waals surface area contributed by atoms with Crippen molar-refractivity contribution in [2.24, 2.45) is 0 Å². The molecule has 152 valence electrons. The largest absolute Gasteiger partial charge is 0.737 e. The second kappa shape index (κ2) is 6.80. The number of hydrogen-bond acceptors (Lipinski definition) is 0. The van der Waals surface area contributed by atoms with Gasteiger partial charge in [0.15, 0.2) is 5.70 Å². The minimum atomic E-state index is -3.96. The Morgan fingerprint density at radius 1 is 1.07 bits per heavy atom. The first-order valence-corrected chi connectivity index (χ1v) is 11.0. The maximum absolute atomic E-state index is 16.1. The van der Waals surface area contributed by atoms with Crippen LogP contribution >= 0.6 is 15.9 Å². The van der Waals surface area contributed by atoms with Crippen LogP contribution in [-0.4, -0.2) is 21.6 Å². The second-order valence-corrected chi connectivity index (χ2v) is 8.91. The van der Waals surface area contributed by atoms with Crippen LogP contribution in [-0.2, 0) is 6.42 Å². The molecule has 1 aromatic carbocycles. The third-order valence-electron chi connectivity index (χ3n) is 6.61. The number of rotatable bonds is 3. The molecular formula is C23H26BBrF2N2. The number of hydrogen-bond donors (Lipinski definition) is 0. The van der Waals surface area contributed by atoms with Crippen LogP contribution < -0.4 is 0 Å². The molecule has 3 heterocycles. The van der Waals surface area contributed by atoms with Crippen LogP contribution in [0.4, 0.5) is 8.63 Å². The molecule has 2 aliphatic heterocycles. The molecule has 0 bridgehead atoms. The molecule has 0 saturated heterocycles. The van der Waals surface area contributed by atoms with Gasteiger partial charge in [-0.05, 0) is 68.1 Å². The number of halogens is 3. The van der Waals surface area contributed by atoms with Crippen molar-refractivity contribution < 1.29 is 13.1 Å². The molecule has 0 amide bonds. The lowest BCUT2D eigenvalue weighted by Crippen LogP contribution is -2.51. The molecular weight excluding hydrogens is 433 g/mol. The van der Waals surface area contributed by atoms with E-state index in [-0.39, 0.29) is 0 Å². The Bertz CT molecular complexity index is 1150. The smallest absolute Gasteiger partial charge is 0.393 e. The van der Waals surface area contributed by atoms with E-state index in [4.69, 9.17) is 0 Å². The third kappa shape index (κ3) is 2.61. The van der Waals surface area contributed by atoms with Crippen molar-refractivity contribution in [3.63, 3.8) is 0 Å².